The van der Waals surface area contributed by atoms with Crippen molar-refractivity contribution in [2.24, 2.45) is 5.92 Å². The quantitative estimate of drug-likeness (QED) is 0.690. The topological polar surface area (TPSA) is 50.4 Å². The Morgan fingerprint density at radius 3 is 2.45 bits per heavy atom. The molecule has 2 N–H and O–H groups in total. The lowest BCUT2D eigenvalue weighted by molar-refractivity contribution is 0.142. The molecule has 0 aromatic heterocycles. The van der Waals surface area contributed by atoms with E-state index in [0.29, 0.717) is 25.1 Å². The highest BCUT2D eigenvalue weighted by atomic mass is 16.5. The molecule has 4 heteroatoms. The number of nitrogens with one attached hydrogen (secondary N) is 2. The molecular formula is C25H32N2O2. The van der Waals surface area contributed by atoms with Gasteiger partial charge in [-0.2, -0.15) is 0 Å². The fourth-order valence-electron chi connectivity index (χ4n) is 4.95. The third-order valence-corrected chi connectivity index (χ3v) is 6.41. The van der Waals surface area contributed by atoms with E-state index in [0.717, 1.165) is 13.0 Å². The van der Waals surface area contributed by atoms with Gasteiger partial charge in [0.1, 0.15) is 6.61 Å². The van der Waals surface area contributed by atoms with Crippen molar-refractivity contribution in [2.45, 2.75) is 51.0 Å². The summed E-state index contributed by atoms with van der Waals surface area (Å²) in [5.74, 6) is 0.814. The van der Waals surface area contributed by atoms with E-state index in [-0.39, 0.29) is 12.0 Å². The van der Waals surface area contributed by atoms with E-state index in [4.69, 9.17) is 4.74 Å². The molecule has 2 atom stereocenters. The summed E-state index contributed by atoms with van der Waals surface area (Å²) in [5.41, 5.74) is 5.01. The van der Waals surface area contributed by atoms with Crippen molar-refractivity contribution in [3.05, 3.63) is 59.7 Å². The van der Waals surface area contributed by atoms with Crippen LogP contribution in [0.15, 0.2) is 48.5 Å². The summed E-state index contributed by atoms with van der Waals surface area (Å²) in [6.07, 6.45) is 5.63. The molecule has 2 aromatic carbocycles. The summed E-state index contributed by atoms with van der Waals surface area (Å²) in [7, 11) is 0. The zero-order valence-corrected chi connectivity index (χ0v) is 17.3. The van der Waals surface area contributed by atoms with Gasteiger partial charge in [0.15, 0.2) is 0 Å². The van der Waals surface area contributed by atoms with Gasteiger partial charge in [0.2, 0.25) is 0 Å². The Morgan fingerprint density at radius 2 is 1.76 bits per heavy atom. The molecule has 1 amide bonds. The first-order valence-electron chi connectivity index (χ1n) is 11.1. The van der Waals surface area contributed by atoms with Gasteiger partial charge in [-0.15, -0.1) is 0 Å². The molecule has 1 fully saturated rings. The number of benzene rings is 2. The molecule has 1 heterocycles. The highest BCUT2D eigenvalue weighted by Gasteiger charge is 2.29. The van der Waals surface area contributed by atoms with Gasteiger partial charge in [0.25, 0.3) is 0 Å². The number of piperidine rings is 1. The molecule has 2 aliphatic rings. The minimum Gasteiger partial charge on any atom is -0.449 e. The average molecular weight is 393 g/mol. The lowest BCUT2D eigenvalue weighted by Gasteiger charge is -2.30. The molecule has 0 bridgehead atoms. The molecule has 2 unspecified atom stereocenters. The van der Waals surface area contributed by atoms with Gasteiger partial charge >= 0.3 is 6.09 Å². The fourth-order valence-corrected chi connectivity index (χ4v) is 4.95. The number of hydrogen-bond donors (Lipinski definition) is 2. The van der Waals surface area contributed by atoms with E-state index in [2.05, 4.69) is 66.1 Å². The zero-order chi connectivity index (χ0) is 20.1. The second-order valence-corrected chi connectivity index (χ2v) is 8.37. The first-order valence-corrected chi connectivity index (χ1v) is 11.1. The Morgan fingerprint density at radius 1 is 1.07 bits per heavy atom. The van der Waals surface area contributed by atoms with Crippen molar-refractivity contribution in [3.8, 4) is 11.1 Å². The second-order valence-electron chi connectivity index (χ2n) is 8.37. The van der Waals surface area contributed by atoms with Crippen molar-refractivity contribution < 1.29 is 9.53 Å². The van der Waals surface area contributed by atoms with Crippen molar-refractivity contribution >= 4 is 6.09 Å². The lowest BCUT2D eigenvalue weighted by Crippen LogP contribution is -2.39. The van der Waals surface area contributed by atoms with Crippen LogP contribution in [-0.4, -0.2) is 31.8 Å². The third kappa shape index (κ3) is 4.64. The average Bonchev–Trinajstić information content (AvgIpc) is 3.07. The van der Waals surface area contributed by atoms with Crippen LogP contribution in [0.25, 0.3) is 11.1 Å². The maximum absolute atomic E-state index is 12.3. The standard InChI is InChI=1S/C25H32N2O2/c1-2-7-19-16-18(12-14-26-19)13-15-27-25(28)29-17-24-22-10-5-3-8-20(22)21-9-4-6-11-23(21)24/h3-6,8-11,18-19,24,26H,2,7,12-17H2,1H3,(H,27,28). The number of carbonyl (C=O) groups excluding carboxylic acids is 1. The van der Waals surface area contributed by atoms with Crippen LogP contribution in [0.5, 0.6) is 0 Å². The van der Waals surface area contributed by atoms with Crippen molar-refractivity contribution in [1.82, 2.24) is 10.6 Å². The molecule has 29 heavy (non-hydrogen) atoms. The predicted molar refractivity (Wildman–Crippen MR) is 117 cm³/mol. The minimum absolute atomic E-state index is 0.118. The predicted octanol–water partition coefficient (Wildman–Crippen LogP) is 5.08. The SMILES string of the molecule is CCCC1CC(CCNC(=O)OCC2c3ccccc3-c3ccccc32)CCN1. The monoisotopic (exact) mass is 392 g/mol. The maximum Gasteiger partial charge on any atom is 0.407 e. The van der Waals surface area contributed by atoms with Crippen molar-refractivity contribution in [1.29, 1.82) is 0 Å². The normalized spacial score (nSPS) is 20.7. The molecule has 0 spiro atoms. The summed E-state index contributed by atoms with van der Waals surface area (Å²) in [4.78, 5) is 12.3. The van der Waals surface area contributed by atoms with Gasteiger partial charge in [-0.25, -0.2) is 4.79 Å². The van der Waals surface area contributed by atoms with E-state index >= 15 is 0 Å². The molecule has 0 saturated carbocycles. The van der Waals surface area contributed by atoms with E-state index < -0.39 is 0 Å². The van der Waals surface area contributed by atoms with Crippen LogP contribution >= 0.6 is 0 Å². The van der Waals surface area contributed by atoms with Crippen LogP contribution in [0.3, 0.4) is 0 Å². The van der Waals surface area contributed by atoms with E-state index in [9.17, 15) is 4.79 Å². The molecule has 1 aliphatic heterocycles. The van der Waals surface area contributed by atoms with E-state index in [1.807, 2.05) is 0 Å². The van der Waals surface area contributed by atoms with Gasteiger partial charge in [-0.1, -0.05) is 61.9 Å². The summed E-state index contributed by atoms with van der Waals surface area (Å²) in [6, 6.07) is 17.5. The fraction of sp³-hybridized carbons (Fsp3) is 0.480. The highest BCUT2D eigenvalue weighted by molar-refractivity contribution is 5.79. The van der Waals surface area contributed by atoms with Crippen LogP contribution in [0.1, 0.15) is 56.1 Å². The Labute approximate surface area is 174 Å². The van der Waals surface area contributed by atoms with Crippen LogP contribution in [0.2, 0.25) is 0 Å². The number of alkyl carbamates (subject to hydrolysis) is 1. The van der Waals surface area contributed by atoms with E-state index in [1.54, 1.807) is 0 Å². The molecule has 154 valence electrons. The van der Waals surface area contributed by atoms with Crippen LogP contribution in [0.4, 0.5) is 4.79 Å². The molecular weight excluding hydrogens is 360 g/mol. The van der Waals surface area contributed by atoms with E-state index in [1.165, 1.54) is 47.9 Å². The van der Waals surface area contributed by atoms with Gasteiger partial charge in [0, 0.05) is 18.5 Å². The number of ether oxygens (including phenoxy) is 1. The smallest absolute Gasteiger partial charge is 0.407 e. The third-order valence-electron chi connectivity index (χ3n) is 6.41. The molecule has 4 nitrogen and oxygen atoms in total. The van der Waals surface area contributed by atoms with Gasteiger partial charge in [-0.05, 0) is 60.4 Å². The summed E-state index contributed by atoms with van der Waals surface area (Å²) >= 11 is 0. The number of amides is 1. The summed E-state index contributed by atoms with van der Waals surface area (Å²) in [6.45, 7) is 4.41. The van der Waals surface area contributed by atoms with Crippen LogP contribution in [-0.2, 0) is 4.74 Å². The molecule has 1 aliphatic carbocycles. The Kier molecular flexibility index (Phi) is 6.50. The summed E-state index contributed by atoms with van der Waals surface area (Å²) in [5, 5.41) is 6.57. The number of rotatable bonds is 7. The largest absolute Gasteiger partial charge is 0.449 e. The number of hydrogen-bond acceptors (Lipinski definition) is 3. The van der Waals surface area contributed by atoms with Crippen LogP contribution in [0, 0.1) is 5.92 Å². The second kappa shape index (κ2) is 9.45. The van der Waals surface area contributed by atoms with Crippen molar-refractivity contribution in [2.75, 3.05) is 19.7 Å². The van der Waals surface area contributed by atoms with Gasteiger partial charge < -0.3 is 15.4 Å². The summed E-state index contributed by atoms with van der Waals surface area (Å²) < 4.78 is 5.63. The number of carbonyl (C=O) groups is 1. The molecule has 4 rings (SSSR count). The highest BCUT2D eigenvalue weighted by Crippen LogP contribution is 2.44. The first-order chi connectivity index (χ1) is 14.3. The van der Waals surface area contributed by atoms with Gasteiger partial charge in [0.05, 0.1) is 0 Å². The molecule has 0 radical (unpaired) electrons. The van der Waals surface area contributed by atoms with Crippen molar-refractivity contribution in [3.63, 3.8) is 0 Å². The maximum atomic E-state index is 12.3. The molecule has 1 saturated heterocycles. The lowest BCUT2D eigenvalue weighted by atomic mass is 9.88. The Hall–Kier alpha value is -2.33. The minimum atomic E-state index is -0.300. The number of fused-ring (bicyclic) bond motifs is 3. The van der Waals surface area contributed by atoms with Gasteiger partial charge in [-0.3, -0.25) is 0 Å². The Balaban J connectivity index is 1.26. The zero-order valence-electron chi connectivity index (χ0n) is 17.3. The Bertz CT molecular complexity index is 788. The molecule has 2 aromatic rings. The first kappa shape index (κ1) is 20.0. The van der Waals surface area contributed by atoms with Crippen LogP contribution < -0.4 is 10.6 Å².